The van der Waals surface area contributed by atoms with Gasteiger partial charge in [0, 0.05) is 33.9 Å². The topological polar surface area (TPSA) is 55.9 Å². The molecule has 2 unspecified atom stereocenters. The Bertz CT molecular complexity index is 1710. The Hall–Kier alpha value is -4.15. The van der Waals surface area contributed by atoms with E-state index in [9.17, 15) is 0 Å². The highest BCUT2D eigenvalue weighted by molar-refractivity contribution is 6.10. The highest BCUT2D eigenvalue weighted by atomic mass is 15.0. The number of para-hydroxylation sites is 1. The first kappa shape index (κ1) is 25.1. The van der Waals surface area contributed by atoms with Crippen molar-refractivity contribution in [2.75, 3.05) is 5.32 Å². The molecule has 196 valence electrons. The van der Waals surface area contributed by atoms with Crippen molar-refractivity contribution in [1.82, 2.24) is 9.55 Å². The molecule has 6 rings (SSSR count). The number of nitrogens with one attached hydrogen (secondary N) is 1. The van der Waals surface area contributed by atoms with Gasteiger partial charge in [0.1, 0.15) is 0 Å². The third-order valence-electron chi connectivity index (χ3n) is 8.16. The Kier molecular flexibility index (Phi) is 6.36. The molecule has 0 spiro atoms. The molecule has 2 heterocycles. The van der Waals surface area contributed by atoms with Gasteiger partial charge in [-0.2, -0.15) is 0 Å². The van der Waals surface area contributed by atoms with Gasteiger partial charge < -0.3 is 15.6 Å². The minimum absolute atomic E-state index is 0.0113. The van der Waals surface area contributed by atoms with Gasteiger partial charge in [0.15, 0.2) is 0 Å². The largest absolute Gasteiger partial charge is 0.377 e. The molecule has 0 radical (unpaired) electrons. The van der Waals surface area contributed by atoms with Gasteiger partial charge in [-0.15, -0.1) is 0 Å². The van der Waals surface area contributed by atoms with Crippen LogP contribution in [0, 0.1) is 11.8 Å². The normalized spacial score (nSPS) is 19.3. The Morgan fingerprint density at radius 2 is 1.64 bits per heavy atom. The van der Waals surface area contributed by atoms with Crippen LogP contribution in [0.4, 0.5) is 5.69 Å². The summed E-state index contributed by atoms with van der Waals surface area (Å²) in [6.07, 6.45) is 8.59. The second kappa shape index (κ2) is 9.87. The summed E-state index contributed by atoms with van der Waals surface area (Å²) in [5, 5.41) is 6.25. The van der Waals surface area contributed by atoms with E-state index in [-0.39, 0.29) is 12.0 Å². The lowest BCUT2D eigenvalue weighted by Crippen LogP contribution is -2.57. The summed E-state index contributed by atoms with van der Waals surface area (Å²) in [6, 6.07) is 29.9. The van der Waals surface area contributed by atoms with Gasteiger partial charge >= 0.3 is 0 Å². The van der Waals surface area contributed by atoms with Crippen LogP contribution in [0.25, 0.3) is 38.8 Å². The monoisotopic (exact) mass is 512 g/mol. The lowest BCUT2D eigenvalue weighted by atomic mass is 9.74. The molecule has 0 fully saturated rings. The number of rotatable bonds is 6. The summed E-state index contributed by atoms with van der Waals surface area (Å²) in [4.78, 5) is 4.58. The molecule has 4 nitrogen and oxygen atoms in total. The molecule has 4 heteroatoms. The molecule has 0 aliphatic heterocycles. The summed E-state index contributed by atoms with van der Waals surface area (Å²) >= 11 is 0. The number of nitrogens with zero attached hydrogens (tertiary/aromatic N) is 2. The van der Waals surface area contributed by atoms with Crippen LogP contribution < -0.4 is 11.1 Å². The number of allylic oxidation sites excluding steroid dienone is 2. The molecule has 2 atom stereocenters. The lowest BCUT2D eigenvalue weighted by molar-refractivity contribution is 0.357. The van der Waals surface area contributed by atoms with Gasteiger partial charge in [0.2, 0.25) is 0 Å². The maximum atomic E-state index is 7.09. The fourth-order valence-corrected chi connectivity index (χ4v) is 5.71. The minimum atomic E-state index is -0.479. The average Bonchev–Trinajstić information content (AvgIpc) is 3.28. The molecular weight excluding hydrogens is 476 g/mol. The Balaban J connectivity index is 1.46. The highest BCUT2D eigenvalue weighted by Gasteiger charge is 2.37. The quantitative estimate of drug-likeness (QED) is 0.241. The van der Waals surface area contributed by atoms with E-state index in [0.717, 1.165) is 28.1 Å². The molecule has 5 aromatic rings. The molecule has 0 bridgehead atoms. The lowest BCUT2D eigenvalue weighted by Gasteiger charge is -2.41. The van der Waals surface area contributed by atoms with Crippen LogP contribution in [0.3, 0.4) is 0 Å². The summed E-state index contributed by atoms with van der Waals surface area (Å²) in [6.45, 7) is 8.86. The predicted octanol–water partition coefficient (Wildman–Crippen LogP) is 8.13. The Morgan fingerprint density at radius 1 is 0.846 bits per heavy atom. The van der Waals surface area contributed by atoms with Crippen LogP contribution in [0.5, 0.6) is 0 Å². The van der Waals surface area contributed by atoms with Gasteiger partial charge in [-0.05, 0) is 59.9 Å². The second-order valence-electron chi connectivity index (χ2n) is 11.3. The van der Waals surface area contributed by atoms with Crippen LogP contribution in [0.15, 0.2) is 115 Å². The van der Waals surface area contributed by atoms with Crippen molar-refractivity contribution in [1.29, 1.82) is 0 Å². The minimum Gasteiger partial charge on any atom is -0.377 e. The number of fused-ring (bicyclic) bond motifs is 3. The van der Waals surface area contributed by atoms with Crippen LogP contribution in [0.2, 0.25) is 0 Å². The van der Waals surface area contributed by atoms with Crippen molar-refractivity contribution in [3.8, 4) is 16.9 Å². The van der Waals surface area contributed by atoms with E-state index in [1.807, 2.05) is 18.3 Å². The molecule has 39 heavy (non-hydrogen) atoms. The zero-order valence-electron chi connectivity index (χ0n) is 23.1. The average molecular weight is 513 g/mol. The number of hydrogen-bond donors (Lipinski definition) is 2. The smallest absolute Gasteiger partial charge is 0.0702 e. The second-order valence-corrected chi connectivity index (χ2v) is 11.3. The summed E-state index contributed by atoms with van der Waals surface area (Å²) < 4.78 is 2.36. The Labute approximate surface area is 230 Å². The van der Waals surface area contributed by atoms with Gasteiger partial charge in [-0.25, -0.2) is 0 Å². The zero-order valence-corrected chi connectivity index (χ0v) is 23.1. The standard InChI is InChI=1S/C35H36N4/c1-23(2)26-15-18-34(35(36,22-26)24(3)4)38-27-16-17-30-29-12-5-6-14-32(29)39(33(30)21-27)28-11-9-10-25(20-28)31-13-7-8-19-37-31/h5-24,34,38H,36H2,1-4H3. The zero-order chi connectivity index (χ0) is 27.1. The molecule has 0 saturated heterocycles. The molecule has 2 aromatic heterocycles. The molecule has 0 amide bonds. The summed E-state index contributed by atoms with van der Waals surface area (Å²) in [7, 11) is 0. The van der Waals surface area contributed by atoms with E-state index in [1.165, 1.54) is 21.9 Å². The third kappa shape index (κ3) is 4.45. The highest BCUT2D eigenvalue weighted by Crippen LogP contribution is 2.36. The van der Waals surface area contributed by atoms with Crippen LogP contribution >= 0.6 is 0 Å². The van der Waals surface area contributed by atoms with Crippen molar-refractivity contribution in [2.45, 2.75) is 39.3 Å². The molecule has 1 aliphatic carbocycles. The first-order chi connectivity index (χ1) is 18.8. The number of anilines is 1. The number of aromatic nitrogens is 2. The fourth-order valence-electron chi connectivity index (χ4n) is 5.71. The maximum Gasteiger partial charge on any atom is 0.0702 e. The molecule has 0 saturated carbocycles. The van der Waals surface area contributed by atoms with Gasteiger partial charge in [-0.1, -0.05) is 88.4 Å². The summed E-state index contributed by atoms with van der Waals surface area (Å²) in [5.41, 5.74) is 14.5. The molecule has 3 aromatic carbocycles. The van der Waals surface area contributed by atoms with Gasteiger partial charge in [0.25, 0.3) is 0 Å². The number of nitrogens with two attached hydrogens (primary N) is 1. The molecule has 3 N–H and O–H groups in total. The van der Waals surface area contributed by atoms with Crippen molar-refractivity contribution in [3.63, 3.8) is 0 Å². The molecular formula is C35H36N4. The van der Waals surface area contributed by atoms with Crippen molar-refractivity contribution in [2.24, 2.45) is 17.6 Å². The van der Waals surface area contributed by atoms with E-state index in [4.69, 9.17) is 5.73 Å². The van der Waals surface area contributed by atoms with Crippen molar-refractivity contribution in [3.05, 3.63) is 115 Å². The number of benzene rings is 3. The van der Waals surface area contributed by atoms with Crippen LogP contribution in [-0.2, 0) is 0 Å². The fraction of sp³-hybridized carbons (Fsp3) is 0.229. The number of pyridine rings is 1. The number of hydrogen-bond acceptors (Lipinski definition) is 3. The first-order valence-corrected chi connectivity index (χ1v) is 13.9. The maximum absolute atomic E-state index is 7.09. The van der Waals surface area contributed by atoms with E-state index in [0.29, 0.717) is 5.92 Å². The first-order valence-electron chi connectivity index (χ1n) is 13.9. The SMILES string of the molecule is CC(C)C1=CC(N)(C(C)C)C(Nc2ccc3c4ccccc4n(-c4cccc(-c5ccccn5)c4)c3c2)C=C1. The summed E-state index contributed by atoms with van der Waals surface area (Å²) in [5.74, 6) is 0.719. The van der Waals surface area contributed by atoms with E-state index in [2.05, 4.69) is 134 Å². The van der Waals surface area contributed by atoms with E-state index >= 15 is 0 Å². The van der Waals surface area contributed by atoms with Gasteiger partial charge in [-0.3, -0.25) is 4.98 Å². The van der Waals surface area contributed by atoms with Crippen molar-refractivity contribution >= 4 is 27.5 Å². The molecule has 1 aliphatic rings. The van der Waals surface area contributed by atoms with Crippen molar-refractivity contribution < 1.29 is 0 Å². The Morgan fingerprint density at radius 3 is 2.41 bits per heavy atom. The van der Waals surface area contributed by atoms with Crippen LogP contribution in [-0.4, -0.2) is 21.1 Å². The van der Waals surface area contributed by atoms with E-state index in [1.54, 1.807) is 0 Å². The third-order valence-corrected chi connectivity index (χ3v) is 8.16. The van der Waals surface area contributed by atoms with E-state index < -0.39 is 5.54 Å². The van der Waals surface area contributed by atoms with Crippen LogP contribution in [0.1, 0.15) is 27.7 Å². The predicted molar refractivity (Wildman–Crippen MR) is 165 cm³/mol. The van der Waals surface area contributed by atoms with Gasteiger partial charge in [0.05, 0.1) is 28.3 Å².